The highest BCUT2D eigenvalue weighted by Crippen LogP contribution is 2.28. The molecule has 0 radical (unpaired) electrons. The van der Waals surface area contributed by atoms with Crippen molar-refractivity contribution in [3.8, 4) is 5.75 Å². The number of rotatable bonds is 6. The molecule has 0 fully saturated rings. The summed E-state index contributed by atoms with van der Waals surface area (Å²) >= 11 is 16.9. The van der Waals surface area contributed by atoms with Gasteiger partial charge >= 0.3 is 0 Å². The van der Waals surface area contributed by atoms with Crippen LogP contribution < -0.4 is 20.1 Å². The number of nitrogens with zero attached hydrogens (tertiary/aromatic N) is 2. The van der Waals surface area contributed by atoms with Crippen LogP contribution in [0.3, 0.4) is 0 Å². The van der Waals surface area contributed by atoms with Crippen LogP contribution in [0.4, 0.5) is 17.2 Å². The first kappa shape index (κ1) is 22.0. The van der Waals surface area contributed by atoms with Gasteiger partial charge in [-0.2, -0.15) is 0 Å². The summed E-state index contributed by atoms with van der Waals surface area (Å²) in [6, 6.07) is 13.9. The molecule has 30 heavy (non-hydrogen) atoms. The molecule has 3 aromatic rings. The molecule has 0 spiro atoms. The highest BCUT2D eigenvalue weighted by molar-refractivity contribution is 7.92. The minimum absolute atomic E-state index is 0.0418. The van der Waals surface area contributed by atoms with Gasteiger partial charge in [-0.15, -0.1) is 10.2 Å². The fourth-order valence-electron chi connectivity index (χ4n) is 2.35. The Labute approximate surface area is 188 Å². The number of benzene rings is 2. The lowest BCUT2D eigenvalue weighted by molar-refractivity contribution is 0.417. The quantitative estimate of drug-likeness (QED) is 0.443. The lowest BCUT2D eigenvalue weighted by Gasteiger charge is -2.14. The molecule has 0 aliphatic heterocycles. The number of nitrogens with one attached hydrogen (secondary N) is 3. The predicted octanol–water partition coefficient (Wildman–Crippen LogP) is 4.40. The van der Waals surface area contributed by atoms with E-state index in [9.17, 15) is 8.42 Å². The highest BCUT2D eigenvalue weighted by Gasteiger charge is 2.15. The van der Waals surface area contributed by atoms with Gasteiger partial charge in [-0.3, -0.25) is 4.72 Å². The average Bonchev–Trinajstić information content (AvgIpc) is 2.70. The maximum absolute atomic E-state index is 12.5. The number of anilines is 3. The van der Waals surface area contributed by atoms with Crippen molar-refractivity contribution in [3.05, 3.63) is 64.8 Å². The van der Waals surface area contributed by atoms with Gasteiger partial charge in [0.15, 0.2) is 16.1 Å². The van der Waals surface area contributed by atoms with Crippen molar-refractivity contribution in [2.45, 2.75) is 4.90 Å². The molecule has 3 rings (SSSR count). The predicted molar refractivity (Wildman–Crippen MR) is 122 cm³/mol. The smallest absolute Gasteiger partial charge is 0.263 e. The van der Waals surface area contributed by atoms with Gasteiger partial charge in [0, 0.05) is 10.7 Å². The number of halogens is 2. The zero-order valence-electron chi connectivity index (χ0n) is 15.4. The van der Waals surface area contributed by atoms with Crippen molar-refractivity contribution in [2.24, 2.45) is 0 Å². The van der Waals surface area contributed by atoms with E-state index in [1.807, 2.05) is 0 Å². The molecule has 0 aliphatic rings. The number of ether oxygens (including phenoxy) is 1. The Bertz CT molecular complexity index is 1160. The van der Waals surface area contributed by atoms with E-state index in [4.69, 9.17) is 40.2 Å². The van der Waals surface area contributed by atoms with Crippen molar-refractivity contribution in [1.29, 1.82) is 0 Å². The average molecular weight is 484 g/mol. The SMILES string of the molecule is COc1ccc(Cl)cc1NC(=S)Nc1ccc(S(=O)(=O)Nc2ccc(Cl)nn2)cc1. The summed E-state index contributed by atoms with van der Waals surface area (Å²) in [6.45, 7) is 0. The van der Waals surface area contributed by atoms with Gasteiger partial charge in [-0.25, -0.2) is 8.42 Å². The van der Waals surface area contributed by atoms with Crippen molar-refractivity contribution < 1.29 is 13.2 Å². The molecule has 12 heteroatoms. The number of thiocarbonyl (C=S) groups is 1. The fraction of sp³-hybridized carbons (Fsp3) is 0.0556. The Morgan fingerprint density at radius 3 is 2.37 bits per heavy atom. The molecule has 8 nitrogen and oxygen atoms in total. The van der Waals surface area contributed by atoms with Gasteiger partial charge in [0.25, 0.3) is 10.0 Å². The number of hydrogen-bond acceptors (Lipinski definition) is 6. The number of methoxy groups -OCH3 is 1. The molecule has 0 aliphatic carbocycles. The second kappa shape index (κ2) is 9.43. The van der Waals surface area contributed by atoms with E-state index >= 15 is 0 Å². The van der Waals surface area contributed by atoms with E-state index in [1.54, 1.807) is 30.3 Å². The van der Waals surface area contributed by atoms with Crippen LogP contribution in [0.1, 0.15) is 0 Å². The van der Waals surface area contributed by atoms with Gasteiger partial charge in [0.1, 0.15) is 5.75 Å². The summed E-state index contributed by atoms with van der Waals surface area (Å²) in [7, 11) is -2.30. The highest BCUT2D eigenvalue weighted by atomic mass is 35.5. The topological polar surface area (TPSA) is 105 Å². The second-order valence-corrected chi connectivity index (χ2v) is 8.71. The Morgan fingerprint density at radius 2 is 1.73 bits per heavy atom. The van der Waals surface area contributed by atoms with Crippen LogP contribution in [0.25, 0.3) is 0 Å². The van der Waals surface area contributed by atoms with Crippen LogP contribution >= 0.6 is 35.4 Å². The zero-order chi connectivity index (χ0) is 21.7. The monoisotopic (exact) mass is 483 g/mol. The maximum Gasteiger partial charge on any atom is 0.263 e. The van der Waals surface area contributed by atoms with E-state index in [-0.39, 0.29) is 21.0 Å². The summed E-state index contributed by atoms with van der Waals surface area (Å²) in [6.07, 6.45) is 0. The third-order valence-electron chi connectivity index (χ3n) is 3.70. The molecule has 0 atom stereocenters. The lowest BCUT2D eigenvalue weighted by Crippen LogP contribution is -2.19. The zero-order valence-corrected chi connectivity index (χ0v) is 18.5. The minimum atomic E-state index is -3.84. The first-order valence-electron chi connectivity index (χ1n) is 8.30. The summed E-state index contributed by atoms with van der Waals surface area (Å²) in [4.78, 5) is 0.0418. The molecule has 0 amide bonds. The van der Waals surface area contributed by atoms with Crippen molar-refractivity contribution in [2.75, 3.05) is 22.5 Å². The molecule has 0 unspecified atom stereocenters. The molecule has 0 bridgehead atoms. The third-order valence-corrected chi connectivity index (χ3v) is 5.71. The molecular weight excluding hydrogens is 469 g/mol. The molecule has 0 saturated heterocycles. The van der Waals surface area contributed by atoms with Gasteiger partial charge in [-0.1, -0.05) is 23.2 Å². The minimum Gasteiger partial charge on any atom is -0.495 e. The normalized spacial score (nSPS) is 10.9. The van der Waals surface area contributed by atoms with E-state index in [2.05, 4.69) is 25.6 Å². The third kappa shape index (κ3) is 5.70. The van der Waals surface area contributed by atoms with Crippen LogP contribution in [-0.2, 0) is 10.0 Å². The number of sulfonamides is 1. The Morgan fingerprint density at radius 1 is 1.00 bits per heavy atom. The number of aromatic nitrogens is 2. The molecular formula is C18H15Cl2N5O3S2. The first-order chi connectivity index (χ1) is 14.3. The summed E-state index contributed by atoms with van der Waals surface area (Å²) < 4.78 is 32.5. The van der Waals surface area contributed by atoms with Crippen molar-refractivity contribution in [1.82, 2.24) is 10.2 Å². The number of hydrogen-bond donors (Lipinski definition) is 3. The molecule has 1 heterocycles. The first-order valence-corrected chi connectivity index (χ1v) is 11.0. The Balaban J connectivity index is 1.67. The summed E-state index contributed by atoms with van der Waals surface area (Å²) in [5.41, 5.74) is 1.17. The van der Waals surface area contributed by atoms with Gasteiger partial charge in [0.05, 0.1) is 17.7 Å². The summed E-state index contributed by atoms with van der Waals surface area (Å²) in [5, 5.41) is 14.2. The van der Waals surface area contributed by atoms with Crippen LogP contribution in [0.15, 0.2) is 59.5 Å². The molecule has 3 N–H and O–H groups in total. The van der Waals surface area contributed by atoms with E-state index < -0.39 is 10.0 Å². The molecule has 1 aromatic heterocycles. The van der Waals surface area contributed by atoms with E-state index in [1.165, 1.54) is 31.4 Å². The molecule has 156 valence electrons. The Hall–Kier alpha value is -2.66. The van der Waals surface area contributed by atoms with Crippen LogP contribution in [0, 0.1) is 0 Å². The second-order valence-electron chi connectivity index (χ2n) is 5.79. The van der Waals surface area contributed by atoms with Crippen molar-refractivity contribution >= 4 is 67.7 Å². The van der Waals surface area contributed by atoms with E-state index in [0.717, 1.165) is 0 Å². The van der Waals surface area contributed by atoms with Gasteiger partial charge in [0.2, 0.25) is 0 Å². The van der Waals surface area contributed by atoms with Crippen LogP contribution in [-0.4, -0.2) is 30.8 Å². The van der Waals surface area contributed by atoms with Gasteiger partial charge in [-0.05, 0) is 66.8 Å². The maximum atomic E-state index is 12.5. The molecule has 0 saturated carbocycles. The van der Waals surface area contributed by atoms with Crippen LogP contribution in [0.2, 0.25) is 10.2 Å². The van der Waals surface area contributed by atoms with E-state index in [0.29, 0.717) is 22.1 Å². The summed E-state index contributed by atoms with van der Waals surface area (Å²) in [5.74, 6) is 0.629. The molecule has 2 aromatic carbocycles. The standard InChI is InChI=1S/C18H15Cl2N5O3S2/c1-28-15-7-2-11(19)10-14(15)22-18(29)21-12-3-5-13(6-4-12)30(26,27)25-17-9-8-16(20)23-24-17/h2-10H,1H3,(H,24,25)(H2,21,22,29). The van der Waals surface area contributed by atoms with Gasteiger partial charge < -0.3 is 15.4 Å². The fourth-order valence-corrected chi connectivity index (χ4v) is 3.84. The Kier molecular flexibility index (Phi) is 6.93. The van der Waals surface area contributed by atoms with Crippen LogP contribution in [0.5, 0.6) is 5.75 Å². The lowest BCUT2D eigenvalue weighted by atomic mass is 10.3. The largest absolute Gasteiger partial charge is 0.495 e. The van der Waals surface area contributed by atoms with Crippen molar-refractivity contribution in [3.63, 3.8) is 0 Å².